The molecule has 16 heteroatoms. The Hall–Kier alpha value is -4.80. The summed E-state index contributed by atoms with van der Waals surface area (Å²) < 4.78 is 43.5. The largest absolute Gasteiger partial charge is 0.357 e. The molecule has 0 radical (unpaired) electrons. The normalized spacial score (nSPS) is 20.3. The zero-order valence-electron chi connectivity index (χ0n) is 34.0. The van der Waals surface area contributed by atoms with Gasteiger partial charge in [-0.15, -0.1) is 11.3 Å². The number of thiazole rings is 1. The van der Waals surface area contributed by atoms with Gasteiger partial charge in [0, 0.05) is 75.1 Å². The third kappa shape index (κ3) is 9.55. The van der Waals surface area contributed by atoms with Crippen molar-refractivity contribution in [3.05, 3.63) is 77.4 Å². The number of piperidine rings is 4. The monoisotopic (exact) mass is 856 g/mol. The molecule has 318 valence electrons. The van der Waals surface area contributed by atoms with Crippen LogP contribution >= 0.6 is 11.3 Å². The first kappa shape index (κ1) is 41.9. The summed E-state index contributed by atoms with van der Waals surface area (Å²) in [5, 5.41) is 3.32. The molecule has 1 atom stereocenters. The van der Waals surface area contributed by atoms with Gasteiger partial charge in [-0.1, -0.05) is 19.1 Å². The fraction of sp³-hybridized carbons (Fsp3) is 0.500. The van der Waals surface area contributed by atoms with Crippen LogP contribution in [0.2, 0.25) is 0 Å². The van der Waals surface area contributed by atoms with Crippen LogP contribution in [0.15, 0.2) is 61.1 Å². The Labute approximate surface area is 355 Å². The van der Waals surface area contributed by atoms with E-state index < -0.39 is 15.8 Å². The molecule has 3 aromatic heterocycles. The number of carbonyl (C=O) groups excluding carboxylic acids is 3. The first-order valence-electron chi connectivity index (χ1n) is 21.3. The maximum atomic E-state index is 16.0. The number of aromatic nitrogens is 3. The summed E-state index contributed by atoms with van der Waals surface area (Å²) in [4.78, 5) is 59.1. The smallest absolute Gasteiger partial charge is 0.234 e. The van der Waals surface area contributed by atoms with Gasteiger partial charge >= 0.3 is 0 Å². The van der Waals surface area contributed by atoms with Crippen molar-refractivity contribution in [3.8, 4) is 21.7 Å². The van der Waals surface area contributed by atoms with E-state index in [0.717, 1.165) is 98.1 Å². The van der Waals surface area contributed by atoms with Crippen LogP contribution in [0.25, 0.3) is 21.7 Å². The van der Waals surface area contributed by atoms with Gasteiger partial charge in [0.25, 0.3) is 0 Å². The predicted molar refractivity (Wildman–Crippen MR) is 230 cm³/mol. The van der Waals surface area contributed by atoms with Crippen molar-refractivity contribution in [2.24, 2.45) is 11.8 Å². The number of benzene rings is 1. The van der Waals surface area contributed by atoms with Crippen LogP contribution in [0.5, 0.6) is 0 Å². The number of nitrogens with one attached hydrogen (secondary N) is 2. The molecule has 2 N–H and O–H groups in total. The van der Waals surface area contributed by atoms with Crippen LogP contribution in [-0.4, -0.2) is 102 Å². The number of imide groups is 1. The summed E-state index contributed by atoms with van der Waals surface area (Å²) in [7, 11) is -3.69. The summed E-state index contributed by atoms with van der Waals surface area (Å²) in [6, 6.07) is 12.4. The van der Waals surface area contributed by atoms with Crippen molar-refractivity contribution in [3.63, 3.8) is 0 Å². The number of nitrogens with zero attached hydrogens (tertiary/aromatic N) is 6. The summed E-state index contributed by atoms with van der Waals surface area (Å²) in [6.07, 6.45) is 11.9. The number of halogens is 1. The lowest BCUT2D eigenvalue weighted by atomic mass is 9.90. The molecule has 7 heterocycles. The molecule has 0 spiro atoms. The molecule has 13 nitrogen and oxygen atoms in total. The van der Waals surface area contributed by atoms with Crippen LogP contribution in [-0.2, 0) is 24.4 Å². The lowest BCUT2D eigenvalue weighted by Crippen LogP contribution is -2.46. The van der Waals surface area contributed by atoms with Crippen LogP contribution in [0, 0.1) is 17.7 Å². The van der Waals surface area contributed by atoms with E-state index >= 15 is 4.39 Å². The van der Waals surface area contributed by atoms with E-state index in [2.05, 4.69) is 29.8 Å². The van der Waals surface area contributed by atoms with E-state index in [1.165, 1.54) is 17.4 Å². The van der Waals surface area contributed by atoms with Crippen LogP contribution in [0.3, 0.4) is 0 Å². The number of hydrogen-bond acceptors (Lipinski definition) is 11. The summed E-state index contributed by atoms with van der Waals surface area (Å²) >= 11 is 1.53. The fourth-order valence-corrected chi connectivity index (χ4v) is 11.5. The highest BCUT2D eigenvalue weighted by molar-refractivity contribution is 7.92. The highest BCUT2D eigenvalue weighted by Gasteiger charge is 2.34. The van der Waals surface area contributed by atoms with Gasteiger partial charge in [0.15, 0.2) is 5.82 Å². The van der Waals surface area contributed by atoms with Crippen molar-refractivity contribution >= 4 is 50.6 Å². The second kappa shape index (κ2) is 18.4. The molecule has 4 aliphatic rings. The van der Waals surface area contributed by atoms with Crippen molar-refractivity contribution < 1.29 is 27.2 Å². The number of pyridine rings is 2. The Balaban J connectivity index is 0.821. The van der Waals surface area contributed by atoms with E-state index in [0.29, 0.717) is 44.0 Å². The Morgan fingerprint density at radius 1 is 0.933 bits per heavy atom. The van der Waals surface area contributed by atoms with Crippen LogP contribution in [0.1, 0.15) is 87.1 Å². The van der Waals surface area contributed by atoms with Gasteiger partial charge in [0.05, 0.1) is 32.9 Å². The Morgan fingerprint density at radius 2 is 1.68 bits per heavy atom. The SMILES string of the molecule is CCCS(=O)(=O)Nc1cccc(-c2nc(C3CCN(C(=O)C4CCN(CC5CCN(c6ccc([C@@H]7CCC(=O)NC7=O)cn6)CC5)CC4)CC3)sc2-c2ccncc2)c1F. The third-order valence-corrected chi connectivity index (χ3v) is 15.3. The van der Waals surface area contributed by atoms with Crippen molar-refractivity contribution in [2.45, 2.75) is 76.5 Å². The molecule has 1 aromatic carbocycles. The first-order valence-corrected chi connectivity index (χ1v) is 23.8. The molecular weight excluding hydrogens is 804 g/mol. The molecule has 0 saturated carbocycles. The molecule has 3 amide bonds. The average Bonchev–Trinajstić information content (AvgIpc) is 3.71. The number of rotatable bonds is 12. The minimum atomic E-state index is -3.69. The number of amides is 3. The summed E-state index contributed by atoms with van der Waals surface area (Å²) in [6.45, 7) is 7.82. The van der Waals surface area contributed by atoms with Gasteiger partial charge in [0.2, 0.25) is 27.7 Å². The van der Waals surface area contributed by atoms with Gasteiger partial charge in [-0.05, 0) is 112 Å². The van der Waals surface area contributed by atoms with E-state index in [4.69, 9.17) is 4.98 Å². The van der Waals surface area contributed by atoms with E-state index in [9.17, 15) is 22.8 Å². The fourth-order valence-electron chi connectivity index (χ4n) is 9.15. The number of hydrogen-bond donors (Lipinski definition) is 2. The number of anilines is 2. The van der Waals surface area contributed by atoms with Gasteiger partial charge in [-0.2, -0.15) is 0 Å². The Morgan fingerprint density at radius 3 is 2.37 bits per heavy atom. The summed E-state index contributed by atoms with van der Waals surface area (Å²) in [5.74, 6) is 0.374. The second-order valence-corrected chi connectivity index (χ2v) is 19.5. The summed E-state index contributed by atoms with van der Waals surface area (Å²) in [5.41, 5.74) is 2.32. The molecule has 4 aliphatic heterocycles. The minimum absolute atomic E-state index is 0.0311. The molecular formula is C44H53FN8O5S2. The predicted octanol–water partition coefficient (Wildman–Crippen LogP) is 6.41. The van der Waals surface area contributed by atoms with Gasteiger partial charge in [-0.3, -0.25) is 29.4 Å². The number of likely N-dealkylation sites (tertiary alicyclic amines) is 2. The van der Waals surface area contributed by atoms with Gasteiger partial charge < -0.3 is 14.7 Å². The maximum absolute atomic E-state index is 16.0. The molecule has 0 bridgehead atoms. The highest BCUT2D eigenvalue weighted by Crippen LogP contribution is 2.43. The second-order valence-electron chi connectivity index (χ2n) is 16.6. The standard InChI is InChI=1S/C44H53FN8O5S2/c1-2-26-60(57,58)50-36-5-3-4-35(39(36)45)40-41(30-10-18-46-19-11-30)59-43(49-40)31-16-24-53(25-17-31)44(56)32-14-20-51(21-15-32)28-29-12-22-52(23-13-29)37-8-6-33(27-47-37)34-7-9-38(54)48-42(34)55/h3-6,8,10-11,18-19,27,29,31-32,34,50H,2,7,9,12-17,20-26,28H2,1H3,(H,48,54,55)/t34-/m0/s1. The van der Waals surface area contributed by atoms with Crippen molar-refractivity contribution in [2.75, 3.05) is 61.2 Å². The van der Waals surface area contributed by atoms with E-state index in [-0.39, 0.29) is 52.5 Å². The zero-order valence-corrected chi connectivity index (χ0v) is 35.7. The highest BCUT2D eigenvalue weighted by atomic mass is 32.2. The zero-order chi connectivity index (χ0) is 41.8. The van der Waals surface area contributed by atoms with Crippen LogP contribution < -0.4 is 14.9 Å². The van der Waals surface area contributed by atoms with Gasteiger partial charge in [-0.25, -0.2) is 22.8 Å². The first-order chi connectivity index (χ1) is 29.0. The van der Waals surface area contributed by atoms with Gasteiger partial charge in [0.1, 0.15) is 5.82 Å². The van der Waals surface area contributed by atoms with Crippen LogP contribution in [0.4, 0.5) is 15.9 Å². The van der Waals surface area contributed by atoms with E-state index in [1.54, 1.807) is 37.6 Å². The number of sulfonamides is 1. The topological polar surface area (TPSA) is 158 Å². The lowest BCUT2D eigenvalue weighted by Gasteiger charge is -2.39. The maximum Gasteiger partial charge on any atom is 0.234 e. The molecule has 4 aromatic rings. The molecule has 60 heavy (non-hydrogen) atoms. The molecule has 4 saturated heterocycles. The third-order valence-electron chi connectivity index (χ3n) is 12.5. The minimum Gasteiger partial charge on any atom is -0.357 e. The lowest BCUT2D eigenvalue weighted by molar-refractivity contribution is -0.138. The molecule has 0 unspecified atom stereocenters. The van der Waals surface area contributed by atoms with Crippen molar-refractivity contribution in [1.29, 1.82) is 0 Å². The Bertz CT molecular complexity index is 2270. The van der Waals surface area contributed by atoms with E-state index in [1.807, 2.05) is 29.2 Å². The number of carbonyl (C=O) groups is 3. The molecule has 0 aliphatic carbocycles. The molecule has 4 fully saturated rings. The quantitative estimate of drug-likeness (QED) is 0.153. The molecule has 8 rings (SSSR count). The Kier molecular flexibility index (Phi) is 12.9. The van der Waals surface area contributed by atoms with Crippen molar-refractivity contribution in [1.82, 2.24) is 30.1 Å². The average molecular weight is 857 g/mol.